The van der Waals surface area contributed by atoms with Gasteiger partial charge in [-0.05, 0) is 56.7 Å². The highest BCUT2D eigenvalue weighted by atomic mass is 16.5. The van der Waals surface area contributed by atoms with Crippen LogP contribution < -0.4 is 4.74 Å². The summed E-state index contributed by atoms with van der Waals surface area (Å²) in [5, 5.41) is 0. The third kappa shape index (κ3) is 3.19. The predicted molar refractivity (Wildman–Crippen MR) is 74.6 cm³/mol. The molecule has 0 bridgehead atoms. The lowest BCUT2D eigenvalue weighted by Crippen LogP contribution is -2.07. The van der Waals surface area contributed by atoms with Gasteiger partial charge in [-0.25, -0.2) is 0 Å². The fourth-order valence-corrected chi connectivity index (χ4v) is 1.82. The first kappa shape index (κ1) is 13.3. The lowest BCUT2D eigenvalue weighted by atomic mass is 10.0. The molecule has 1 aromatic heterocycles. The maximum Gasteiger partial charge on any atom is 0.211 e. The fraction of sp³-hybridized carbons (Fsp3) is 0.250. The highest BCUT2D eigenvalue weighted by Gasteiger charge is 2.12. The molecule has 3 heteroatoms. The lowest BCUT2D eigenvalue weighted by molar-refractivity contribution is 0.103. The van der Waals surface area contributed by atoms with Crippen LogP contribution in [-0.4, -0.2) is 16.9 Å². The average Bonchev–Trinajstić information content (AvgIpc) is 2.39. The third-order valence-electron chi connectivity index (χ3n) is 2.71. The zero-order valence-electron chi connectivity index (χ0n) is 11.4. The van der Waals surface area contributed by atoms with E-state index in [4.69, 9.17) is 4.74 Å². The number of nitrogens with zero attached hydrogens (tertiary/aromatic N) is 1. The van der Waals surface area contributed by atoms with Crippen molar-refractivity contribution < 1.29 is 9.53 Å². The summed E-state index contributed by atoms with van der Waals surface area (Å²) in [4.78, 5) is 16.4. The normalized spacial score (nSPS) is 10.5. The molecule has 0 aliphatic rings. The first-order valence-corrected chi connectivity index (χ1v) is 6.31. The fourth-order valence-electron chi connectivity index (χ4n) is 1.82. The van der Waals surface area contributed by atoms with Gasteiger partial charge in [-0.2, -0.15) is 0 Å². The molecule has 0 atom stereocenters. The van der Waals surface area contributed by atoms with Gasteiger partial charge in [0.2, 0.25) is 5.78 Å². The van der Waals surface area contributed by atoms with Gasteiger partial charge in [0.1, 0.15) is 11.4 Å². The van der Waals surface area contributed by atoms with Crippen LogP contribution in [0.25, 0.3) is 0 Å². The number of aromatic nitrogens is 1. The van der Waals surface area contributed by atoms with Crippen LogP contribution in [0.5, 0.6) is 5.75 Å². The summed E-state index contributed by atoms with van der Waals surface area (Å²) in [5.41, 5.74) is 2.01. The van der Waals surface area contributed by atoms with E-state index in [1.54, 1.807) is 18.3 Å². The van der Waals surface area contributed by atoms with Crippen LogP contribution in [0.1, 0.15) is 35.5 Å². The lowest BCUT2D eigenvalue weighted by Gasteiger charge is -2.10. The molecule has 0 radical (unpaired) electrons. The Labute approximate surface area is 113 Å². The van der Waals surface area contributed by atoms with Crippen molar-refractivity contribution in [2.45, 2.75) is 26.9 Å². The van der Waals surface area contributed by atoms with Gasteiger partial charge in [0.15, 0.2) is 0 Å². The molecule has 0 aliphatic heterocycles. The van der Waals surface area contributed by atoms with Crippen molar-refractivity contribution >= 4 is 5.78 Å². The Morgan fingerprint density at radius 3 is 2.42 bits per heavy atom. The molecule has 98 valence electrons. The molecule has 0 unspecified atom stereocenters. The van der Waals surface area contributed by atoms with Gasteiger partial charge in [-0.3, -0.25) is 9.78 Å². The maximum absolute atomic E-state index is 12.3. The summed E-state index contributed by atoms with van der Waals surface area (Å²) >= 11 is 0. The Balaban J connectivity index is 2.23. The van der Waals surface area contributed by atoms with Crippen molar-refractivity contribution in [3.63, 3.8) is 0 Å². The van der Waals surface area contributed by atoms with Crippen LogP contribution in [0.15, 0.2) is 42.6 Å². The highest BCUT2D eigenvalue weighted by Crippen LogP contribution is 2.17. The van der Waals surface area contributed by atoms with Gasteiger partial charge >= 0.3 is 0 Å². The minimum Gasteiger partial charge on any atom is -0.491 e. The molecule has 0 saturated heterocycles. The summed E-state index contributed by atoms with van der Waals surface area (Å²) in [5.74, 6) is 0.707. The van der Waals surface area contributed by atoms with E-state index in [0.717, 1.165) is 11.3 Å². The smallest absolute Gasteiger partial charge is 0.211 e. The van der Waals surface area contributed by atoms with Crippen molar-refractivity contribution in [1.82, 2.24) is 4.98 Å². The van der Waals surface area contributed by atoms with Crippen molar-refractivity contribution in [3.05, 3.63) is 59.4 Å². The Hall–Kier alpha value is -2.16. The van der Waals surface area contributed by atoms with Crippen LogP contribution in [-0.2, 0) is 0 Å². The van der Waals surface area contributed by atoms with E-state index in [9.17, 15) is 4.79 Å². The molecule has 1 heterocycles. The first-order chi connectivity index (χ1) is 9.08. The largest absolute Gasteiger partial charge is 0.491 e. The Morgan fingerprint density at radius 2 is 1.84 bits per heavy atom. The zero-order chi connectivity index (χ0) is 13.8. The van der Waals surface area contributed by atoms with Crippen molar-refractivity contribution in [1.29, 1.82) is 0 Å². The molecule has 0 N–H and O–H groups in total. The number of hydrogen-bond donors (Lipinski definition) is 0. The van der Waals surface area contributed by atoms with E-state index < -0.39 is 0 Å². The predicted octanol–water partition coefficient (Wildman–Crippen LogP) is 3.41. The number of carbonyl (C=O) groups excluding carboxylic acids is 1. The number of ketones is 1. The Kier molecular flexibility index (Phi) is 3.95. The molecule has 0 amide bonds. The first-order valence-electron chi connectivity index (χ1n) is 6.31. The average molecular weight is 255 g/mol. The summed E-state index contributed by atoms with van der Waals surface area (Å²) in [6, 6.07) is 10.9. The van der Waals surface area contributed by atoms with Gasteiger partial charge in [-0.15, -0.1) is 0 Å². The van der Waals surface area contributed by atoms with E-state index in [2.05, 4.69) is 4.98 Å². The quantitative estimate of drug-likeness (QED) is 0.786. The van der Waals surface area contributed by atoms with E-state index in [1.807, 2.05) is 45.0 Å². The molecule has 3 nitrogen and oxygen atoms in total. The maximum atomic E-state index is 12.3. The van der Waals surface area contributed by atoms with Gasteiger partial charge in [0, 0.05) is 11.8 Å². The van der Waals surface area contributed by atoms with Crippen molar-refractivity contribution in [2.24, 2.45) is 0 Å². The Bertz CT molecular complexity index is 574. The SMILES string of the molecule is Cc1cccnc1C(=O)c1ccc(OC(C)C)cc1. The molecular formula is C16H17NO2. The Morgan fingerprint density at radius 1 is 1.16 bits per heavy atom. The topological polar surface area (TPSA) is 39.2 Å². The van der Waals surface area contributed by atoms with Crippen molar-refractivity contribution in [2.75, 3.05) is 0 Å². The standard InChI is InChI=1S/C16H17NO2/c1-11(2)19-14-8-6-13(7-9-14)16(18)15-12(3)5-4-10-17-15/h4-11H,1-3H3. The number of carbonyl (C=O) groups is 1. The van der Waals surface area contributed by atoms with Gasteiger partial charge in [0.05, 0.1) is 6.10 Å². The van der Waals surface area contributed by atoms with E-state index in [1.165, 1.54) is 0 Å². The summed E-state index contributed by atoms with van der Waals surface area (Å²) in [7, 11) is 0. The summed E-state index contributed by atoms with van der Waals surface area (Å²) < 4.78 is 5.55. The highest BCUT2D eigenvalue weighted by molar-refractivity contribution is 6.08. The molecule has 2 aromatic rings. The molecule has 2 rings (SSSR count). The molecule has 0 aliphatic carbocycles. The van der Waals surface area contributed by atoms with Crippen LogP contribution in [0.2, 0.25) is 0 Å². The van der Waals surface area contributed by atoms with Gasteiger partial charge in [-0.1, -0.05) is 6.07 Å². The second-order valence-corrected chi connectivity index (χ2v) is 4.69. The number of rotatable bonds is 4. The zero-order valence-corrected chi connectivity index (χ0v) is 11.4. The number of ether oxygens (including phenoxy) is 1. The van der Waals surface area contributed by atoms with Crippen molar-refractivity contribution in [3.8, 4) is 5.75 Å². The molecule has 0 spiro atoms. The summed E-state index contributed by atoms with van der Waals surface area (Å²) in [6.07, 6.45) is 1.76. The second-order valence-electron chi connectivity index (χ2n) is 4.69. The third-order valence-corrected chi connectivity index (χ3v) is 2.71. The molecule has 19 heavy (non-hydrogen) atoms. The van der Waals surface area contributed by atoms with Crippen LogP contribution in [0.3, 0.4) is 0 Å². The van der Waals surface area contributed by atoms with E-state index in [0.29, 0.717) is 11.3 Å². The van der Waals surface area contributed by atoms with Crippen LogP contribution >= 0.6 is 0 Å². The van der Waals surface area contributed by atoms with Crippen LogP contribution in [0, 0.1) is 6.92 Å². The number of pyridine rings is 1. The van der Waals surface area contributed by atoms with E-state index >= 15 is 0 Å². The number of aryl methyl sites for hydroxylation is 1. The summed E-state index contributed by atoms with van der Waals surface area (Å²) in [6.45, 7) is 5.82. The van der Waals surface area contributed by atoms with Gasteiger partial charge in [0.25, 0.3) is 0 Å². The molecule has 0 fully saturated rings. The molecule has 1 aromatic carbocycles. The number of hydrogen-bond acceptors (Lipinski definition) is 3. The van der Waals surface area contributed by atoms with Crippen LogP contribution in [0.4, 0.5) is 0 Å². The van der Waals surface area contributed by atoms with Gasteiger partial charge < -0.3 is 4.74 Å². The second kappa shape index (κ2) is 5.65. The monoisotopic (exact) mass is 255 g/mol. The molecular weight excluding hydrogens is 238 g/mol. The minimum atomic E-state index is -0.0609. The van der Waals surface area contributed by atoms with E-state index in [-0.39, 0.29) is 11.9 Å². The minimum absolute atomic E-state index is 0.0609. The number of benzene rings is 1. The molecule has 0 saturated carbocycles.